The topological polar surface area (TPSA) is 56.1 Å². The Morgan fingerprint density at radius 2 is 2.03 bits per heavy atom. The van der Waals surface area contributed by atoms with Crippen LogP contribution in [0.4, 0.5) is 5.13 Å². The summed E-state index contributed by atoms with van der Waals surface area (Å²) in [5, 5.41) is 0.716. The molecule has 4 rings (SSSR count). The molecule has 7 heteroatoms. The molecule has 3 aromatic rings. The molecule has 2 heterocycles. The second-order valence-electron chi connectivity index (χ2n) is 7.18. The lowest BCUT2D eigenvalue weighted by atomic mass is 10.2. The van der Waals surface area contributed by atoms with Crippen molar-refractivity contribution >= 4 is 38.7 Å². The number of nitrogens with one attached hydrogen (secondary N) is 1. The zero-order valence-electron chi connectivity index (χ0n) is 17.0. The van der Waals surface area contributed by atoms with E-state index in [1.165, 1.54) is 16.2 Å². The van der Waals surface area contributed by atoms with Crippen LogP contribution in [-0.2, 0) is 9.53 Å². The van der Waals surface area contributed by atoms with Crippen molar-refractivity contribution in [3.63, 3.8) is 0 Å². The Morgan fingerprint density at radius 1 is 1.23 bits per heavy atom. The van der Waals surface area contributed by atoms with E-state index in [1.807, 2.05) is 54.6 Å². The van der Waals surface area contributed by atoms with Gasteiger partial charge < -0.3 is 14.4 Å². The number of amides is 1. The Bertz CT molecular complexity index is 1010. The van der Waals surface area contributed by atoms with Gasteiger partial charge in [0, 0.05) is 12.1 Å². The maximum atomic E-state index is 13.1. The molecule has 0 bridgehead atoms. The molecule has 0 spiro atoms. The number of rotatable bonds is 7. The highest BCUT2D eigenvalue weighted by Crippen LogP contribution is 2.31. The largest absolute Gasteiger partial charge is 0.497 e. The second kappa shape index (κ2) is 9.84. The van der Waals surface area contributed by atoms with Crippen molar-refractivity contribution in [3.8, 4) is 5.75 Å². The van der Waals surface area contributed by atoms with Gasteiger partial charge in [-0.15, -0.1) is 0 Å². The summed E-state index contributed by atoms with van der Waals surface area (Å²) in [7, 11) is 1.64. The summed E-state index contributed by atoms with van der Waals surface area (Å²) < 4.78 is 11.8. The van der Waals surface area contributed by atoms with Crippen molar-refractivity contribution in [1.82, 2.24) is 4.98 Å². The predicted molar refractivity (Wildman–Crippen MR) is 120 cm³/mol. The Kier molecular flexibility index (Phi) is 6.74. The average molecular weight is 425 g/mol. The lowest BCUT2D eigenvalue weighted by Crippen LogP contribution is -3.14. The maximum absolute atomic E-state index is 13.1. The van der Waals surface area contributed by atoms with Gasteiger partial charge in [0.1, 0.15) is 18.8 Å². The lowest BCUT2D eigenvalue weighted by molar-refractivity contribution is -0.906. The van der Waals surface area contributed by atoms with Gasteiger partial charge in [0.25, 0.3) is 5.91 Å². The highest BCUT2D eigenvalue weighted by atomic mass is 32.1. The van der Waals surface area contributed by atoms with Crippen molar-refractivity contribution in [3.05, 3.63) is 60.2 Å². The Balaban J connectivity index is 1.57. The number of quaternary nitrogens is 1. The minimum absolute atomic E-state index is 0.0578. The van der Waals surface area contributed by atoms with E-state index in [9.17, 15) is 4.79 Å². The van der Waals surface area contributed by atoms with Crippen LogP contribution < -0.4 is 14.5 Å². The van der Waals surface area contributed by atoms with Crippen molar-refractivity contribution in [2.45, 2.75) is 0 Å². The van der Waals surface area contributed by atoms with Crippen LogP contribution in [0.2, 0.25) is 0 Å². The summed E-state index contributed by atoms with van der Waals surface area (Å²) in [6, 6.07) is 15.7. The number of nitrogens with zero attached hydrogens (tertiary/aromatic N) is 2. The molecular weight excluding hydrogens is 398 g/mol. The Labute approximate surface area is 180 Å². The summed E-state index contributed by atoms with van der Waals surface area (Å²) in [6.07, 6.45) is 3.49. The van der Waals surface area contributed by atoms with E-state index in [0.717, 1.165) is 54.4 Å². The van der Waals surface area contributed by atoms with Gasteiger partial charge in [-0.2, -0.15) is 0 Å². The third-order valence-electron chi connectivity index (χ3n) is 5.19. The molecule has 1 aliphatic rings. The van der Waals surface area contributed by atoms with Gasteiger partial charge in [0.2, 0.25) is 0 Å². The quantitative estimate of drug-likeness (QED) is 0.591. The number of carbonyl (C=O) groups excluding carboxylic acids is 1. The number of morpholine rings is 1. The van der Waals surface area contributed by atoms with E-state index in [1.54, 1.807) is 18.1 Å². The first-order chi connectivity index (χ1) is 14.7. The van der Waals surface area contributed by atoms with Gasteiger partial charge in [-0.3, -0.25) is 9.69 Å². The number of carbonyl (C=O) groups is 1. The molecule has 6 nitrogen and oxygen atoms in total. The minimum atomic E-state index is -0.0578. The molecular formula is C23H26N3O3S+. The fourth-order valence-electron chi connectivity index (χ4n) is 3.44. The van der Waals surface area contributed by atoms with Gasteiger partial charge >= 0.3 is 0 Å². The molecule has 30 heavy (non-hydrogen) atoms. The number of thiazole rings is 1. The van der Waals surface area contributed by atoms with Gasteiger partial charge in [0.05, 0.1) is 43.6 Å². The normalized spacial score (nSPS) is 15.0. The molecule has 0 radical (unpaired) electrons. The van der Waals surface area contributed by atoms with E-state index in [4.69, 9.17) is 14.5 Å². The second-order valence-corrected chi connectivity index (χ2v) is 8.19. The fraction of sp³-hybridized carbons (Fsp3) is 0.304. The molecule has 0 unspecified atom stereocenters. The van der Waals surface area contributed by atoms with Gasteiger partial charge in [-0.1, -0.05) is 41.7 Å². The van der Waals surface area contributed by atoms with Crippen LogP contribution >= 0.6 is 11.3 Å². The smallest absolute Gasteiger partial charge is 0.252 e. The van der Waals surface area contributed by atoms with Crippen LogP contribution in [0.25, 0.3) is 16.3 Å². The van der Waals surface area contributed by atoms with E-state index in [-0.39, 0.29) is 5.91 Å². The average Bonchev–Trinajstić information content (AvgIpc) is 3.22. The van der Waals surface area contributed by atoms with Gasteiger partial charge in [0.15, 0.2) is 5.13 Å². The summed E-state index contributed by atoms with van der Waals surface area (Å²) >= 11 is 1.53. The standard InChI is InChI=1S/C23H25N3O3S/c1-28-19-8-9-21-20(17-19)24-23(30-21)26(12-11-25-13-15-29-16-14-25)22(27)10-7-18-5-3-2-4-6-18/h2-10,17H,11-16H2,1H3/p+1/b10-7+. The van der Waals surface area contributed by atoms with Crippen LogP contribution in [0.5, 0.6) is 5.75 Å². The van der Waals surface area contributed by atoms with E-state index < -0.39 is 0 Å². The number of benzene rings is 2. The van der Waals surface area contributed by atoms with Crippen LogP contribution in [0, 0.1) is 0 Å². The molecule has 1 N–H and O–H groups in total. The monoisotopic (exact) mass is 424 g/mol. The molecule has 1 fully saturated rings. The third kappa shape index (κ3) is 5.05. The first kappa shape index (κ1) is 20.5. The first-order valence-electron chi connectivity index (χ1n) is 10.1. The number of methoxy groups -OCH3 is 1. The Hall–Kier alpha value is -2.74. The highest BCUT2D eigenvalue weighted by molar-refractivity contribution is 7.22. The minimum Gasteiger partial charge on any atom is -0.497 e. The number of hydrogen-bond donors (Lipinski definition) is 1. The number of ether oxygens (including phenoxy) is 2. The summed E-state index contributed by atoms with van der Waals surface area (Å²) in [5.74, 6) is 0.705. The van der Waals surface area contributed by atoms with Crippen molar-refractivity contribution in [2.24, 2.45) is 0 Å². The van der Waals surface area contributed by atoms with Crippen LogP contribution in [0.3, 0.4) is 0 Å². The van der Waals surface area contributed by atoms with E-state index in [2.05, 4.69) is 0 Å². The summed E-state index contributed by atoms with van der Waals surface area (Å²) in [6.45, 7) is 4.98. The van der Waals surface area contributed by atoms with E-state index >= 15 is 0 Å². The molecule has 0 aliphatic carbocycles. The molecule has 1 aliphatic heterocycles. The molecule has 2 aromatic carbocycles. The number of anilines is 1. The SMILES string of the molecule is COc1ccc2sc(N(CC[NH+]3CCOCC3)C(=O)/C=C/c3ccccc3)nc2c1. The van der Waals surface area contributed by atoms with Crippen LogP contribution in [0.15, 0.2) is 54.6 Å². The molecule has 1 aromatic heterocycles. The zero-order chi connectivity index (χ0) is 20.8. The molecule has 1 saturated heterocycles. The molecule has 156 valence electrons. The Morgan fingerprint density at radius 3 is 2.80 bits per heavy atom. The van der Waals surface area contributed by atoms with Crippen molar-refractivity contribution in [2.75, 3.05) is 51.4 Å². The number of hydrogen-bond acceptors (Lipinski definition) is 5. The number of fused-ring (bicyclic) bond motifs is 1. The summed E-state index contributed by atoms with van der Waals surface area (Å²) in [5.41, 5.74) is 1.84. The molecule has 0 saturated carbocycles. The molecule has 1 amide bonds. The van der Waals surface area contributed by atoms with Crippen molar-refractivity contribution < 1.29 is 19.2 Å². The fourth-order valence-corrected chi connectivity index (χ4v) is 4.42. The zero-order valence-corrected chi connectivity index (χ0v) is 17.9. The maximum Gasteiger partial charge on any atom is 0.252 e. The van der Waals surface area contributed by atoms with Crippen LogP contribution in [0.1, 0.15) is 5.56 Å². The third-order valence-corrected chi connectivity index (χ3v) is 6.25. The first-order valence-corrected chi connectivity index (χ1v) is 10.9. The molecule has 0 atom stereocenters. The highest BCUT2D eigenvalue weighted by Gasteiger charge is 2.21. The lowest BCUT2D eigenvalue weighted by Gasteiger charge is -2.26. The van der Waals surface area contributed by atoms with Gasteiger partial charge in [-0.05, 0) is 23.8 Å². The van der Waals surface area contributed by atoms with Gasteiger partial charge in [-0.25, -0.2) is 4.98 Å². The van der Waals surface area contributed by atoms with Crippen LogP contribution in [-0.4, -0.2) is 57.4 Å². The number of aromatic nitrogens is 1. The van der Waals surface area contributed by atoms with E-state index in [0.29, 0.717) is 11.7 Å². The predicted octanol–water partition coefficient (Wildman–Crippen LogP) is 2.27. The summed E-state index contributed by atoms with van der Waals surface area (Å²) in [4.78, 5) is 21.1. The van der Waals surface area contributed by atoms with Crippen molar-refractivity contribution in [1.29, 1.82) is 0 Å².